The molecule has 0 N–H and O–H groups in total. The van der Waals surface area contributed by atoms with Gasteiger partial charge in [0.2, 0.25) is 0 Å². The van der Waals surface area contributed by atoms with Gasteiger partial charge in [0.05, 0.1) is 11.1 Å². The summed E-state index contributed by atoms with van der Waals surface area (Å²) in [4.78, 5) is 0. The molecule has 4 rings (SSSR count). The van der Waals surface area contributed by atoms with Gasteiger partial charge in [0.1, 0.15) is 5.82 Å². The van der Waals surface area contributed by atoms with Crippen molar-refractivity contribution in [2.75, 3.05) is 0 Å². The maximum Gasteiger partial charge on any atom is 0.174 e. The minimum Gasteiger partial charge on any atom is -0.206 e. The van der Waals surface area contributed by atoms with E-state index in [1.807, 2.05) is 0 Å². The Morgan fingerprint density at radius 3 is 2.34 bits per heavy atom. The van der Waals surface area contributed by atoms with Crippen LogP contribution in [0.2, 0.25) is 0 Å². The molecule has 1 saturated carbocycles. The predicted molar refractivity (Wildman–Crippen MR) is 110 cm³/mol. The number of rotatable bonds is 2. The molecule has 0 aliphatic heterocycles. The van der Waals surface area contributed by atoms with Crippen molar-refractivity contribution in [2.24, 2.45) is 17.8 Å². The lowest BCUT2D eigenvalue weighted by Crippen LogP contribution is -2.26. The second kappa shape index (κ2) is 8.49. The predicted octanol–water partition coefficient (Wildman–Crippen LogP) is 6.60. The molecule has 0 aromatic heterocycles. The third kappa shape index (κ3) is 4.27. The summed E-state index contributed by atoms with van der Waals surface area (Å²) >= 11 is 0. The molecule has 2 aromatic carbocycles. The zero-order valence-electron chi connectivity index (χ0n) is 16.5. The Bertz CT molecular complexity index is 971. The van der Waals surface area contributed by atoms with Crippen molar-refractivity contribution < 1.29 is 13.2 Å². The molecule has 0 bridgehead atoms. The molecule has 1 atom stereocenters. The van der Waals surface area contributed by atoms with E-state index < -0.39 is 11.6 Å². The Balaban J connectivity index is 1.51. The van der Waals surface area contributed by atoms with Crippen LogP contribution in [0.1, 0.15) is 54.4 Å². The minimum absolute atomic E-state index is 0.0580. The molecular weight excluding hydrogens is 369 g/mol. The van der Waals surface area contributed by atoms with Crippen molar-refractivity contribution in [1.82, 2.24) is 0 Å². The monoisotopic (exact) mass is 394 g/mol. The van der Waals surface area contributed by atoms with Gasteiger partial charge >= 0.3 is 0 Å². The lowest BCUT2D eigenvalue weighted by atomic mass is 9.69. The van der Waals surface area contributed by atoms with Crippen LogP contribution in [-0.2, 0) is 12.8 Å². The first-order valence-electron chi connectivity index (χ1n) is 10.4. The molecule has 0 saturated heterocycles. The van der Waals surface area contributed by atoms with Crippen LogP contribution < -0.4 is 0 Å². The van der Waals surface area contributed by atoms with Crippen molar-refractivity contribution in [3.05, 3.63) is 82.7 Å². The average Bonchev–Trinajstić information content (AvgIpc) is 2.74. The summed E-state index contributed by atoms with van der Waals surface area (Å²) in [5.74, 6) is 4.93. The van der Waals surface area contributed by atoms with Crippen molar-refractivity contribution in [3.63, 3.8) is 0 Å². The molecule has 0 amide bonds. The first-order valence-corrected chi connectivity index (χ1v) is 10.4. The van der Waals surface area contributed by atoms with Crippen molar-refractivity contribution in [3.8, 4) is 11.8 Å². The molecule has 150 valence electrons. The lowest BCUT2D eigenvalue weighted by molar-refractivity contribution is 0.206. The summed E-state index contributed by atoms with van der Waals surface area (Å²) < 4.78 is 41.7. The smallest absolute Gasteiger partial charge is 0.174 e. The summed E-state index contributed by atoms with van der Waals surface area (Å²) in [5.41, 5.74) is 2.40. The maximum atomic E-state index is 14.6. The van der Waals surface area contributed by atoms with Gasteiger partial charge in [-0.05, 0) is 98.1 Å². The average molecular weight is 394 g/mol. The normalized spacial score (nSPS) is 23.6. The molecule has 0 spiro atoms. The van der Waals surface area contributed by atoms with Crippen molar-refractivity contribution in [2.45, 2.75) is 44.9 Å². The standard InChI is InChI=1S/C26H25F3/c1-2-17-6-8-18(9-7-17)20-11-12-21-14-22(25(28)16-23(21)15-20)13-10-19-4-3-5-24(27)26(19)29/h2-5,14,16-18,20H,1,6-9,11-12,15H2. The van der Waals surface area contributed by atoms with Crippen LogP contribution in [0.4, 0.5) is 13.2 Å². The van der Waals surface area contributed by atoms with Crippen LogP contribution >= 0.6 is 0 Å². The summed E-state index contributed by atoms with van der Waals surface area (Å²) in [6, 6.07) is 7.23. The number of aryl methyl sites for hydroxylation is 1. The minimum atomic E-state index is -0.993. The van der Waals surface area contributed by atoms with E-state index in [9.17, 15) is 13.2 Å². The van der Waals surface area contributed by atoms with E-state index in [0.29, 0.717) is 11.8 Å². The quantitative estimate of drug-likeness (QED) is 0.398. The van der Waals surface area contributed by atoms with Gasteiger partial charge < -0.3 is 0 Å². The molecule has 2 aliphatic rings. The van der Waals surface area contributed by atoms with Gasteiger partial charge in [-0.25, -0.2) is 13.2 Å². The van der Waals surface area contributed by atoms with Gasteiger partial charge in [0.15, 0.2) is 11.6 Å². The lowest BCUT2D eigenvalue weighted by Gasteiger charge is -2.36. The Morgan fingerprint density at radius 1 is 0.828 bits per heavy atom. The first kappa shape index (κ1) is 19.8. The molecule has 2 aromatic rings. The fourth-order valence-electron chi connectivity index (χ4n) is 4.89. The SMILES string of the molecule is C=CC1CCC(C2CCc3cc(C#Cc4cccc(F)c4F)c(F)cc3C2)CC1. The Kier molecular flexibility index (Phi) is 5.81. The molecule has 2 aliphatic carbocycles. The topological polar surface area (TPSA) is 0 Å². The van der Waals surface area contributed by atoms with Crippen molar-refractivity contribution >= 4 is 0 Å². The molecule has 29 heavy (non-hydrogen) atoms. The molecular formula is C26H25F3. The van der Waals surface area contributed by atoms with Gasteiger partial charge in [-0.15, -0.1) is 6.58 Å². The number of hydrogen-bond donors (Lipinski definition) is 0. The van der Waals surface area contributed by atoms with E-state index in [1.165, 1.54) is 37.8 Å². The summed E-state index contributed by atoms with van der Waals surface area (Å²) in [5, 5.41) is 0. The second-order valence-electron chi connectivity index (χ2n) is 8.37. The Morgan fingerprint density at radius 2 is 1.59 bits per heavy atom. The number of benzene rings is 2. The molecule has 3 heteroatoms. The summed E-state index contributed by atoms with van der Waals surface area (Å²) in [7, 11) is 0. The highest BCUT2D eigenvalue weighted by atomic mass is 19.2. The van der Waals surface area contributed by atoms with E-state index in [2.05, 4.69) is 24.5 Å². The summed E-state index contributed by atoms with van der Waals surface area (Å²) in [6.07, 6.45) is 9.96. The van der Waals surface area contributed by atoms with Crippen LogP contribution in [-0.4, -0.2) is 0 Å². The van der Waals surface area contributed by atoms with Gasteiger partial charge in [-0.2, -0.15) is 0 Å². The number of fused-ring (bicyclic) bond motifs is 1. The fourth-order valence-corrected chi connectivity index (χ4v) is 4.89. The van der Waals surface area contributed by atoms with E-state index in [-0.39, 0.29) is 16.9 Å². The first-order chi connectivity index (χ1) is 14.0. The zero-order valence-corrected chi connectivity index (χ0v) is 16.5. The maximum absolute atomic E-state index is 14.6. The molecule has 1 unspecified atom stereocenters. The van der Waals surface area contributed by atoms with Crippen LogP contribution in [0.3, 0.4) is 0 Å². The third-order valence-electron chi connectivity index (χ3n) is 6.66. The highest BCUT2D eigenvalue weighted by Crippen LogP contribution is 2.40. The van der Waals surface area contributed by atoms with Crippen LogP contribution in [0, 0.1) is 47.0 Å². The van der Waals surface area contributed by atoms with E-state index in [0.717, 1.165) is 42.4 Å². The van der Waals surface area contributed by atoms with E-state index >= 15 is 0 Å². The Hall–Kier alpha value is -2.47. The molecule has 0 radical (unpaired) electrons. The number of halogens is 3. The fraction of sp³-hybridized carbons (Fsp3) is 0.385. The van der Waals surface area contributed by atoms with Crippen LogP contribution in [0.15, 0.2) is 43.0 Å². The summed E-state index contributed by atoms with van der Waals surface area (Å²) in [6.45, 7) is 3.92. The van der Waals surface area contributed by atoms with Gasteiger partial charge in [-0.1, -0.05) is 24.0 Å². The van der Waals surface area contributed by atoms with Gasteiger partial charge in [0.25, 0.3) is 0 Å². The largest absolute Gasteiger partial charge is 0.206 e. The molecule has 0 heterocycles. The van der Waals surface area contributed by atoms with Crippen LogP contribution in [0.5, 0.6) is 0 Å². The molecule has 0 nitrogen and oxygen atoms in total. The second-order valence-corrected chi connectivity index (χ2v) is 8.37. The highest BCUT2D eigenvalue weighted by Gasteiger charge is 2.30. The Labute approximate surface area is 170 Å². The molecule has 1 fully saturated rings. The van der Waals surface area contributed by atoms with Gasteiger partial charge in [0, 0.05) is 0 Å². The number of hydrogen-bond acceptors (Lipinski definition) is 0. The highest BCUT2D eigenvalue weighted by molar-refractivity contribution is 5.47. The zero-order chi connectivity index (χ0) is 20.4. The van der Waals surface area contributed by atoms with E-state index in [4.69, 9.17) is 0 Å². The number of allylic oxidation sites excluding steroid dienone is 1. The third-order valence-corrected chi connectivity index (χ3v) is 6.66. The van der Waals surface area contributed by atoms with E-state index in [1.54, 1.807) is 12.1 Å². The van der Waals surface area contributed by atoms with Crippen LogP contribution in [0.25, 0.3) is 0 Å². The van der Waals surface area contributed by atoms with Crippen molar-refractivity contribution in [1.29, 1.82) is 0 Å². The van der Waals surface area contributed by atoms with Gasteiger partial charge in [-0.3, -0.25) is 0 Å².